The lowest BCUT2D eigenvalue weighted by Crippen LogP contribution is -2.40. The molecule has 0 aliphatic rings. The second-order valence-corrected chi connectivity index (χ2v) is 4.02. The fourth-order valence-corrected chi connectivity index (χ4v) is 1.78. The zero-order chi connectivity index (χ0) is 10.6. The summed E-state index contributed by atoms with van der Waals surface area (Å²) in [4.78, 5) is 16.5. The first-order valence-corrected chi connectivity index (χ1v) is 5.37. The molecular formula is C9H15N3OS. The Kier molecular flexibility index (Phi) is 4.03. The van der Waals surface area contributed by atoms with E-state index in [1.807, 2.05) is 19.4 Å². The van der Waals surface area contributed by atoms with Crippen molar-refractivity contribution in [2.75, 3.05) is 7.05 Å². The van der Waals surface area contributed by atoms with Gasteiger partial charge in [0.25, 0.3) is 0 Å². The molecule has 0 saturated heterocycles. The molecule has 0 bridgehead atoms. The average molecular weight is 213 g/mol. The minimum atomic E-state index is -0.165. The van der Waals surface area contributed by atoms with Crippen LogP contribution >= 0.6 is 11.3 Å². The summed E-state index contributed by atoms with van der Waals surface area (Å²) in [6.07, 6.45) is 0. The molecule has 1 heterocycles. The predicted octanol–water partition coefficient (Wildman–Crippen LogP) is 0.676. The molecule has 1 rings (SSSR count). The van der Waals surface area contributed by atoms with Gasteiger partial charge >= 0.3 is 0 Å². The Labute approximate surface area is 87.7 Å². The largest absolute Gasteiger partial charge is 0.358 e. The average Bonchev–Trinajstić information content (AvgIpc) is 2.59. The Hall–Kier alpha value is -0.940. The van der Waals surface area contributed by atoms with Crippen molar-refractivity contribution < 1.29 is 4.79 Å². The molecule has 78 valence electrons. The van der Waals surface area contributed by atoms with E-state index in [-0.39, 0.29) is 11.9 Å². The maximum absolute atomic E-state index is 11.2. The van der Waals surface area contributed by atoms with Gasteiger partial charge in [-0.05, 0) is 13.8 Å². The Balaban J connectivity index is 2.41. The van der Waals surface area contributed by atoms with Crippen LogP contribution in [0.4, 0.5) is 0 Å². The van der Waals surface area contributed by atoms with Gasteiger partial charge in [-0.25, -0.2) is 4.98 Å². The molecule has 0 fully saturated rings. The van der Waals surface area contributed by atoms with E-state index in [0.29, 0.717) is 6.54 Å². The SMILES string of the molecule is CNC(=O)C(C)NCc1scnc1C. The van der Waals surface area contributed by atoms with E-state index in [1.165, 1.54) is 4.88 Å². The van der Waals surface area contributed by atoms with E-state index < -0.39 is 0 Å². The third kappa shape index (κ3) is 2.78. The van der Waals surface area contributed by atoms with Crippen LogP contribution in [0.2, 0.25) is 0 Å². The number of amides is 1. The lowest BCUT2D eigenvalue weighted by molar-refractivity contribution is -0.122. The zero-order valence-corrected chi connectivity index (χ0v) is 9.44. The van der Waals surface area contributed by atoms with Crippen molar-refractivity contribution in [1.29, 1.82) is 0 Å². The molecular weight excluding hydrogens is 198 g/mol. The van der Waals surface area contributed by atoms with Gasteiger partial charge in [-0.1, -0.05) is 0 Å². The van der Waals surface area contributed by atoms with Crippen LogP contribution < -0.4 is 10.6 Å². The van der Waals surface area contributed by atoms with Gasteiger partial charge in [-0.15, -0.1) is 11.3 Å². The molecule has 0 aromatic carbocycles. The number of carbonyl (C=O) groups is 1. The molecule has 1 aromatic heterocycles. The highest BCUT2D eigenvalue weighted by atomic mass is 32.1. The van der Waals surface area contributed by atoms with Crippen LogP contribution in [0.25, 0.3) is 0 Å². The fourth-order valence-electron chi connectivity index (χ4n) is 1.05. The van der Waals surface area contributed by atoms with Crippen molar-refractivity contribution in [2.45, 2.75) is 26.4 Å². The number of aromatic nitrogens is 1. The lowest BCUT2D eigenvalue weighted by Gasteiger charge is -2.11. The topological polar surface area (TPSA) is 54.0 Å². The number of nitrogens with one attached hydrogen (secondary N) is 2. The van der Waals surface area contributed by atoms with Crippen molar-refractivity contribution in [1.82, 2.24) is 15.6 Å². The van der Waals surface area contributed by atoms with E-state index in [2.05, 4.69) is 15.6 Å². The molecule has 2 N–H and O–H groups in total. The third-order valence-corrected chi connectivity index (χ3v) is 2.99. The van der Waals surface area contributed by atoms with Crippen molar-refractivity contribution in [3.05, 3.63) is 16.1 Å². The number of rotatable bonds is 4. The summed E-state index contributed by atoms with van der Waals surface area (Å²) in [6.45, 7) is 4.51. The van der Waals surface area contributed by atoms with Gasteiger partial charge in [-0.2, -0.15) is 0 Å². The smallest absolute Gasteiger partial charge is 0.236 e. The second-order valence-electron chi connectivity index (χ2n) is 3.08. The van der Waals surface area contributed by atoms with Crippen LogP contribution in [0, 0.1) is 6.92 Å². The normalized spacial score (nSPS) is 12.5. The minimum Gasteiger partial charge on any atom is -0.358 e. The molecule has 1 atom stereocenters. The van der Waals surface area contributed by atoms with Gasteiger partial charge in [0.15, 0.2) is 0 Å². The zero-order valence-electron chi connectivity index (χ0n) is 8.63. The number of hydrogen-bond donors (Lipinski definition) is 2. The molecule has 1 amide bonds. The van der Waals surface area contributed by atoms with E-state index in [4.69, 9.17) is 0 Å². The third-order valence-electron chi connectivity index (χ3n) is 2.05. The molecule has 1 unspecified atom stereocenters. The maximum atomic E-state index is 11.2. The fraction of sp³-hybridized carbons (Fsp3) is 0.556. The van der Waals surface area contributed by atoms with Gasteiger partial charge in [0, 0.05) is 18.5 Å². The quantitative estimate of drug-likeness (QED) is 0.773. The maximum Gasteiger partial charge on any atom is 0.236 e. The van der Waals surface area contributed by atoms with E-state index in [0.717, 1.165) is 5.69 Å². The van der Waals surface area contributed by atoms with E-state index in [1.54, 1.807) is 18.4 Å². The van der Waals surface area contributed by atoms with Crippen LogP contribution in [-0.4, -0.2) is 24.0 Å². The number of thiazole rings is 1. The second kappa shape index (κ2) is 5.07. The molecule has 0 radical (unpaired) electrons. The highest BCUT2D eigenvalue weighted by Crippen LogP contribution is 2.11. The standard InChI is InChI=1S/C9H15N3OS/c1-6-8(14-5-12-6)4-11-7(2)9(13)10-3/h5,7,11H,4H2,1-3H3,(H,10,13). The monoisotopic (exact) mass is 213 g/mol. The van der Waals surface area contributed by atoms with Gasteiger partial charge < -0.3 is 10.6 Å². The molecule has 14 heavy (non-hydrogen) atoms. The van der Waals surface area contributed by atoms with Crippen molar-refractivity contribution in [2.24, 2.45) is 0 Å². The van der Waals surface area contributed by atoms with Gasteiger partial charge in [0.05, 0.1) is 17.2 Å². The summed E-state index contributed by atoms with van der Waals surface area (Å²) in [5, 5.41) is 5.73. The summed E-state index contributed by atoms with van der Waals surface area (Å²) in [5.41, 5.74) is 2.85. The first-order chi connectivity index (χ1) is 6.65. The van der Waals surface area contributed by atoms with Crippen molar-refractivity contribution in [3.63, 3.8) is 0 Å². The number of likely N-dealkylation sites (N-methyl/N-ethyl adjacent to an activating group) is 1. The number of hydrogen-bond acceptors (Lipinski definition) is 4. The first-order valence-electron chi connectivity index (χ1n) is 4.49. The summed E-state index contributed by atoms with van der Waals surface area (Å²) in [6, 6.07) is -0.165. The molecule has 1 aromatic rings. The number of nitrogens with zero attached hydrogens (tertiary/aromatic N) is 1. The van der Waals surface area contributed by atoms with Crippen LogP contribution in [0.15, 0.2) is 5.51 Å². The van der Waals surface area contributed by atoms with Gasteiger partial charge in [0.1, 0.15) is 0 Å². The highest BCUT2D eigenvalue weighted by Gasteiger charge is 2.10. The van der Waals surface area contributed by atoms with Crippen LogP contribution in [0.3, 0.4) is 0 Å². The molecule has 4 nitrogen and oxygen atoms in total. The molecule has 0 aliphatic carbocycles. The van der Waals surface area contributed by atoms with E-state index in [9.17, 15) is 4.79 Å². The number of aryl methyl sites for hydroxylation is 1. The summed E-state index contributed by atoms with van der Waals surface area (Å²) in [7, 11) is 1.64. The summed E-state index contributed by atoms with van der Waals surface area (Å²) < 4.78 is 0. The summed E-state index contributed by atoms with van der Waals surface area (Å²) >= 11 is 1.61. The van der Waals surface area contributed by atoms with E-state index >= 15 is 0 Å². The predicted molar refractivity (Wildman–Crippen MR) is 57.2 cm³/mol. The van der Waals surface area contributed by atoms with Gasteiger partial charge in [0.2, 0.25) is 5.91 Å². The Morgan fingerprint density at radius 2 is 2.43 bits per heavy atom. The first kappa shape index (κ1) is 11.1. The van der Waals surface area contributed by atoms with Crippen molar-refractivity contribution in [3.8, 4) is 0 Å². The van der Waals surface area contributed by atoms with Crippen LogP contribution in [0.5, 0.6) is 0 Å². The Morgan fingerprint density at radius 1 is 1.71 bits per heavy atom. The van der Waals surface area contributed by atoms with Gasteiger partial charge in [-0.3, -0.25) is 4.79 Å². The minimum absolute atomic E-state index is 0.00664. The lowest BCUT2D eigenvalue weighted by atomic mass is 10.3. The van der Waals surface area contributed by atoms with Crippen molar-refractivity contribution >= 4 is 17.2 Å². The number of carbonyl (C=O) groups excluding carboxylic acids is 1. The molecule has 0 spiro atoms. The molecule has 0 saturated carbocycles. The van der Waals surface area contributed by atoms with Crippen LogP contribution in [0.1, 0.15) is 17.5 Å². The molecule has 0 aliphatic heterocycles. The molecule has 5 heteroatoms. The Bertz CT molecular complexity index is 311. The highest BCUT2D eigenvalue weighted by molar-refractivity contribution is 7.09. The van der Waals surface area contributed by atoms with Crippen LogP contribution in [-0.2, 0) is 11.3 Å². The Morgan fingerprint density at radius 3 is 2.93 bits per heavy atom. The summed E-state index contributed by atoms with van der Waals surface area (Å²) in [5.74, 6) is 0.00664.